The summed E-state index contributed by atoms with van der Waals surface area (Å²) >= 11 is 0. The molecule has 0 aliphatic heterocycles. The number of guanidine groups is 1. The maximum atomic E-state index is 12.2. The Labute approximate surface area is 162 Å². The summed E-state index contributed by atoms with van der Waals surface area (Å²) in [7, 11) is 1.89. The summed E-state index contributed by atoms with van der Waals surface area (Å²) in [4.78, 5) is 4.51. The minimum absolute atomic E-state index is 0.0963. The van der Waals surface area contributed by atoms with Gasteiger partial charge in [-0.25, -0.2) is 4.99 Å². The molecule has 7 nitrogen and oxygen atoms in total. The highest BCUT2D eigenvalue weighted by molar-refractivity contribution is 5.79. The molecule has 0 atom stereocenters. The van der Waals surface area contributed by atoms with Gasteiger partial charge < -0.3 is 19.9 Å². The molecule has 154 valence electrons. The third kappa shape index (κ3) is 7.18. The summed E-state index contributed by atoms with van der Waals surface area (Å²) in [6, 6.07) is 7.16. The molecule has 10 heteroatoms. The van der Waals surface area contributed by atoms with Gasteiger partial charge in [0.1, 0.15) is 12.4 Å². The highest BCUT2D eigenvalue weighted by Crippen LogP contribution is 2.16. The van der Waals surface area contributed by atoms with Crippen LogP contribution < -0.4 is 10.6 Å². The van der Waals surface area contributed by atoms with E-state index in [2.05, 4.69) is 25.8 Å². The molecule has 0 aliphatic rings. The van der Waals surface area contributed by atoms with E-state index in [9.17, 15) is 13.2 Å². The molecule has 0 saturated heterocycles. The maximum absolute atomic E-state index is 12.2. The zero-order valence-corrected chi connectivity index (χ0v) is 16.2. The molecule has 0 unspecified atom stereocenters. The van der Waals surface area contributed by atoms with Gasteiger partial charge in [0.2, 0.25) is 0 Å². The van der Waals surface area contributed by atoms with Gasteiger partial charge in [-0.1, -0.05) is 24.3 Å². The third-order valence-corrected chi connectivity index (χ3v) is 3.89. The number of halogens is 3. The number of aryl methyl sites for hydroxylation is 1. The van der Waals surface area contributed by atoms with Crippen LogP contribution in [0.1, 0.15) is 29.7 Å². The fraction of sp³-hybridized carbons (Fsp3) is 0.500. The maximum Gasteiger partial charge on any atom is 0.411 e. The zero-order chi connectivity index (χ0) is 20.6. The average molecular weight is 398 g/mol. The third-order valence-electron chi connectivity index (χ3n) is 3.89. The lowest BCUT2D eigenvalue weighted by Crippen LogP contribution is -2.37. The Morgan fingerprint density at radius 1 is 1.21 bits per heavy atom. The smallest absolute Gasteiger partial charge is 0.367 e. The monoisotopic (exact) mass is 398 g/mol. The molecular formula is C18H25F3N6O. The number of aliphatic imine (C=N–C) groups is 1. The van der Waals surface area contributed by atoms with Gasteiger partial charge in [-0.2, -0.15) is 13.2 Å². The molecule has 2 aromatic rings. The molecule has 0 radical (unpaired) electrons. The van der Waals surface area contributed by atoms with Crippen molar-refractivity contribution in [1.29, 1.82) is 0 Å². The van der Waals surface area contributed by atoms with Gasteiger partial charge in [-0.15, -0.1) is 10.2 Å². The molecule has 1 heterocycles. The molecule has 0 bridgehead atoms. The Morgan fingerprint density at radius 3 is 2.61 bits per heavy atom. The van der Waals surface area contributed by atoms with Crippen LogP contribution in [0.2, 0.25) is 0 Å². The van der Waals surface area contributed by atoms with Crippen molar-refractivity contribution in [2.45, 2.75) is 39.7 Å². The first-order valence-corrected chi connectivity index (χ1v) is 8.88. The summed E-state index contributed by atoms with van der Waals surface area (Å²) in [6.45, 7) is 4.01. The lowest BCUT2D eigenvalue weighted by atomic mass is 10.1. The Hall–Kier alpha value is -2.62. The second-order valence-electron chi connectivity index (χ2n) is 6.20. The fourth-order valence-electron chi connectivity index (χ4n) is 2.38. The van der Waals surface area contributed by atoms with E-state index in [0.29, 0.717) is 31.2 Å². The number of nitrogens with zero attached hydrogens (tertiary/aromatic N) is 4. The van der Waals surface area contributed by atoms with E-state index in [1.807, 2.05) is 31.5 Å². The van der Waals surface area contributed by atoms with Crippen molar-refractivity contribution in [2.24, 2.45) is 12.0 Å². The van der Waals surface area contributed by atoms with Crippen LogP contribution >= 0.6 is 0 Å². The Bertz CT molecular complexity index is 788. The van der Waals surface area contributed by atoms with Gasteiger partial charge in [0.05, 0.1) is 19.7 Å². The Balaban J connectivity index is 1.94. The number of aromatic nitrogens is 3. The lowest BCUT2D eigenvalue weighted by molar-refractivity contribution is -0.176. The van der Waals surface area contributed by atoms with Crippen LogP contribution in [0.25, 0.3) is 0 Å². The van der Waals surface area contributed by atoms with Crippen LogP contribution in [0.4, 0.5) is 13.2 Å². The van der Waals surface area contributed by atoms with Crippen molar-refractivity contribution >= 4 is 5.96 Å². The molecule has 0 aliphatic carbocycles. The summed E-state index contributed by atoms with van der Waals surface area (Å²) in [6.07, 6.45) is -4.32. The van der Waals surface area contributed by atoms with Crippen molar-refractivity contribution in [2.75, 3.05) is 13.2 Å². The van der Waals surface area contributed by atoms with E-state index in [4.69, 9.17) is 4.74 Å². The lowest BCUT2D eigenvalue weighted by Gasteiger charge is -2.11. The van der Waals surface area contributed by atoms with Gasteiger partial charge in [0.15, 0.2) is 11.8 Å². The van der Waals surface area contributed by atoms with Crippen molar-refractivity contribution in [3.8, 4) is 0 Å². The van der Waals surface area contributed by atoms with E-state index in [0.717, 1.165) is 17.2 Å². The van der Waals surface area contributed by atoms with Crippen molar-refractivity contribution in [3.05, 3.63) is 47.0 Å². The molecule has 0 amide bonds. The number of hydrogen-bond donors (Lipinski definition) is 2. The molecular weight excluding hydrogens is 373 g/mol. The standard InChI is InChI=1S/C18H25F3N6O/c1-4-22-17(24-10-16-26-25-13(2)27(16)3)23-9-14-6-5-7-15(8-14)11-28-12-18(19,20)21/h5-8H,4,9-12H2,1-3H3,(H2,22,23,24). The molecule has 2 rings (SSSR count). The Morgan fingerprint density at radius 2 is 1.96 bits per heavy atom. The van der Waals surface area contributed by atoms with E-state index in [1.54, 1.807) is 18.2 Å². The number of hydrogen-bond acceptors (Lipinski definition) is 4. The fourth-order valence-corrected chi connectivity index (χ4v) is 2.38. The van der Waals surface area contributed by atoms with Gasteiger partial charge in [0.25, 0.3) is 0 Å². The van der Waals surface area contributed by atoms with Crippen LogP contribution in [0.5, 0.6) is 0 Å². The van der Waals surface area contributed by atoms with Crippen LogP contribution in [0, 0.1) is 6.92 Å². The van der Waals surface area contributed by atoms with E-state index >= 15 is 0 Å². The largest absolute Gasteiger partial charge is 0.411 e. The first kappa shape index (κ1) is 21.7. The van der Waals surface area contributed by atoms with Crippen LogP contribution in [0.15, 0.2) is 29.3 Å². The highest BCUT2D eigenvalue weighted by Gasteiger charge is 2.27. The SMILES string of the molecule is CCNC(=NCc1cccc(COCC(F)(F)F)c1)NCc1nnc(C)n1C. The first-order chi connectivity index (χ1) is 13.3. The van der Waals surface area contributed by atoms with Gasteiger partial charge >= 0.3 is 6.18 Å². The molecule has 0 fully saturated rings. The predicted molar refractivity (Wildman–Crippen MR) is 99.5 cm³/mol. The number of nitrogens with one attached hydrogen (secondary N) is 2. The van der Waals surface area contributed by atoms with Crippen LogP contribution in [0.3, 0.4) is 0 Å². The molecule has 28 heavy (non-hydrogen) atoms. The van der Waals surface area contributed by atoms with Crippen molar-refractivity contribution in [3.63, 3.8) is 0 Å². The average Bonchev–Trinajstić information content (AvgIpc) is 2.95. The molecule has 1 aromatic heterocycles. The number of ether oxygens (including phenoxy) is 1. The molecule has 1 aromatic carbocycles. The second-order valence-corrected chi connectivity index (χ2v) is 6.20. The summed E-state index contributed by atoms with van der Waals surface area (Å²) in [5.41, 5.74) is 1.55. The van der Waals surface area contributed by atoms with Gasteiger partial charge in [-0.3, -0.25) is 0 Å². The quantitative estimate of drug-likeness (QED) is 0.528. The second kappa shape index (κ2) is 10.1. The normalized spacial score (nSPS) is 12.3. The summed E-state index contributed by atoms with van der Waals surface area (Å²) < 4.78 is 43.1. The first-order valence-electron chi connectivity index (χ1n) is 8.88. The van der Waals surface area contributed by atoms with Crippen LogP contribution in [-0.2, 0) is 31.5 Å². The minimum atomic E-state index is -4.32. The number of benzene rings is 1. The van der Waals surface area contributed by atoms with Crippen LogP contribution in [-0.4, -0.2) is 40.1 Å². The summed E-state index contributed by atoms with van der Waals surface area (Å²) in [5.74, 6) is 2.22. The van der Waals surface area contributed by atoms with Crippen molar-refractivity contribution in [1.82, 2.24) is 25.4 Å². The predicted octanol–water partition coefficient (Wildman–Crippen LogP) is 2.46. The van der Waals surface area contributed by atoms with Gasteiger partial charge in [0, 0.05) is 13.6 Å². The van der Waals surface area contributed by atoms with E-state index < -0.39 is 12.8 Å². The highest BCUT2D eigenvalue weighted by atomic mass is 19.4. The van der Waals surface area contributed by atoms with Crippen molar-refractivity contribution < 1.29 is 17.9 Å². The van der Waals surface area contributed by atoms with E-state index in [1.165, 1.54) is 0 Å². The number of rotatable bonds is 8. The molecule has 0 saturated carbocycles. The minimum Gasteiger partial charge on any atom is -0.367 e. The topological polar surface area (TPSA) is 76.4 Å². The number of alkyl halides is 3. The zero-order valence-electron chi connectivity index (χ0n) is 16.2. The molecule has 0 spiro atoms. The van der Waals surface area contributed by atoms with E-state index in [-0.39, 0.29) is 6.61 Å². The Kier molecular flexibility index (Phi) is 7.80. The molecule has 2 N–H and O–H groups in total. The van der Waals surface area contributed by atoms with Gasteiger partial charge in [-0.05, 0) is 25.0 Å². The summed E-state index contributed by atoms with van der Waals surface area (Å²) in [5, 5.41) is 14.4.